The van der Waals surface area contributed by atoms with Gasteiger partial charge in [0.25, 0.3) is 0 Å². The highest BCUT2D eigenvalue weighted by Crippen LogP contribution is 2.09. The molecule has 0 radical (unpaired) electrons. The molecule has 0 aliphatic carbocycles. The molecule has 2 N–H and O–H groups in total. The molecule has 0 spiro atoms. The van der Waals surface area contributed by atoms with Gasteiger partial charge in [0.05, 0.1) is 0 Å². The summed E-state index contributed by atoms with van der Waals surface area (Å²) in [4.78, 5) is 22.3. The number of rotatable bonds is 6. The number of carboxylic acid groups (broad SMARTS) is 1. The second-order valence-electron chi connectivity index (χ2n) is 3.82. The number of hydrogen-bond acceptors (Lipinski definition) is 3. The monoisotopic (exact) mass is 287 g/mol. The van der Waals surface area contributed by atoms with E-state index < -0.39 is 39.5 Å². The number of halogens is 1. The molecule has 0 aliphatic rings. The molecule has 1 aromatic carbocycles. The summed E-state index contributed by atoms with van der Waals surface area (Å²) in [6, 6.07) is 5.09. The third kappa shape index (κ3) is 4.78. The molecule has 0 bridgehead atoms. The van der Waals surface area contributed by atoms with Crippen molar-refractivity contribution in [2.45, 2.75) is 18.6 Å². The predicted molar refractivity (Wildman–Crippen MR) is 69.8 cm³/mol. The van der Waals surface area contributed by atoms with Gasteiger partial charge in [-0.1, -0.05) is 6.92 Å². The molecule has 1 rings (SSSR count). The van der Waals surface area contributed by atoms with Gasteiger partial charge < -0.3 is 10.4 Å². The number of carbonyl (C=O) groups excluding carboxylic acids is 1. The van der Waals surface area contributed by atoms with E-state index in [-0.39, 0.29) is 6.42 Å². The van der Waals surface area contributed by atoms with Gasteiger partial charge in [-0.25, -0.2) is 4.39 Å². The highest BCUT2D eigenvalue weighted by molar-refractivity contribution is 7.87. The molecule has 0 aliphatic heterocycles. The zero-order valence-electron chi connectivity index (χ0n) is 10.3. The molecule has 0 heterocycles. The van der Waals surface area contributed by atoms with Gasteiger partial charge in [0, 0.05) is 16.5 Å². The largest absolute Gasteiger partial charge is 0.480 e. The lowest BCUT2D eigenvalue weighted by Crippen LogP contribution is -2.31. The normalized spacial score (nSPS) is 13.6. The van der Waals surface area contributed by atoms with Gasteiger partial charge in [0.2, 0.25) is 5.91 Å². The van der Waals surface area contributed by atoms with E-state index in [1.165, 1.54) is 24.3 Å². The number of benzene rings is 1. The van der Waals surface area contributed by atoms with Crippen LogP contribution in [-0.2, 0) is 20.4 Å². The van der Waals surface area contributed by atoms with Crippen molar-refractivity contribution in [1.29, 1.82) is 0 Å². The molecule has 2 atom stereocenters. The number of nitrogens with one attached hydrogen (secondary N) is 1. The Hall–Kier alpha value is -1.76. The van der Waals surface area contributed by atoms with E-state index in [2.05, 4.69) is 5.32 Å². The Morgan fingerprint density at radius 1 is 1.37 bits per heavy atom. The van der Waals surface area contributed by atoms with E-state index in [9.17, 15) is 18.2 Å². The Morgan fingerprint density at radius 3 is 2.42 bits per heavy atom. The van der Waals surface area contributed by atoms with Crippen LogP contribution in [0.1, 0.15) is 13.3 Å². The average molecular weight is 287 g/mol. The molecule has 104 valence electrons. The van der Waals surface area contributed by atoms with Crippen molar-refractivity contribution in [2.75, 3.05) is 11.1 Å². The first-order valence-electron chi connectivity index (χ1n) is 5.59. The van der Waals surface area contributed by atoms with Crippen LogP contribution in [0, 0.1) is 5.82 Å². The van der Waals surface area contributed by atoms with Crippen molar-refractivity contribution in [3.8, 4) is 0 Å². The molecule has 0 saturated carbocycles. The Labute approximate surface area is 112 Å². The molecular weight excluding hydrogens is 273 g/mol. The van der Waals surface area contributed by atoms with Crippen molar-refractivity contribution >= 4 is 28.4 Å². The summed E-state index contributed by atoms with van der Waals surface area (Å²) in [7, 11) is -1.78. The molecule has 5 nitrogen and oxygen atoms in total. The number of hydrogen-bond donors (Lipinski definition) is 2. The lowest BCUT2D eigenvalue weighted by Gasteiger charge is -2.10. The molecule has 2 unspecified atom stereocenters. The van der Waals surface area contributed by atoms with Crippen LogP contribution in [0.2, 0.25) is 0 Å². The van der Waals surface area contributed by atoms with Crippen LogP contribution in [-0.4, -0.2) is 32.2 Å². The van der Waals surface area contributed by atoms with Gasteiger partial charge in [0.15, 0.2) is 0 Å². The summed E-state index contributed by atoms with van der Waals surface area (Å²) in [5, 5.41) is 10.2. The first-order chi connectivity index (χ1) is 8.93. The fourth-order valence-corrected chi connectivity index (χ4v) is 2.56. The maximum absolute atomic E-state index is 12.6. The maximum atomic E-state index is 12.6. The van der Waals surface area contributed by atoms with Crippen LogP contribution in [0.3, 0.4) is 0 Å². The first kappa shape index (κ1) is 15.3. The van der Waals surface area contributed by atoms with Crippen molar-refractivity contribution in [1.82, 2.24) is 0 Å². The molecule has 7 heteroatoms. The quantitative estimate of drug-likeness (QED) is 0.828. The smallest absolute Gasteiger partial charge is 0.319 e. The first-order valence-corrected chi connectivity index (χ1v) is 6.97. The average Bonchev–Trinajstić information content (AvgIpc) is 2.32. The Kier molecular flexibility index (Phi) is 5.62. The maximum Gasteiger partial charge on any atom is 0.319 e. The fourth-order valence-electron chi connectivity index (χ4n) is 1.43. The summed E-state index contributed by atoms with van der Waals surface area (Å²) in [6.07, 6.45) is 0.186. The third-order valence-electron chi connectivity index (χ3n) is 2.36. The van der Waals surface area contributed by atoms with Crippen molar-refractivity contribution < 1.29 is 23.3 Å². The van der Waals surface area contributed by atoms with Crippen LogP contribution >= 0.6 is 0 Å². The number of carboxylic acids is 1. The van der Waals surface area contributed by atoms with Gasteiger partial charge in [-0.05, 0) is 30.7 Å². The second kappa shape index (κ2) is 6.98. The van der Waals surface area contributed by atoms with Crippen molar-refractivity contribution in [3.63, 3.8) is 0 Å². The third-order valence-corrected chi connectivity index (χ3v) is 4.08. The number of aliphatic carboxylic acids is 1. The molecule has 1 amide bonds. The number of amides is 1. The van der Waals surface area contributed by atoms with Gasteiger partial charge in [0.1, 0.15) is 16.8 Å². The molecule has 0 saturated heterocycles. The summed E-state index contributed by atoms with van der Waals surface area (Å²) >= 11 is 0. The van der Waals surface area contributed by atoms with Crippen LogP contribution in [0.25, 0.3) is 0 Å². The SMILES string of the molecule is CCC(C(=O)O)S(=O)CC(=O)Nc1ccc(F)cc1. The predicted octanol–water partition coefficient (Wildman–Crippen LogP) is 1.38. The zero-order chi connectivity index (χ0) is 14.4. The van der Waals surface area contributed by atoms with Gasteiger partial charge >= 0.3 is 5.97 Å². The van der Waals surface area contributed by atoms with E-state index in [1.807, 2.05) is 0 Å². The minimum absolute atomic E-state index is 0.186. The summed E-state index contributed by atoms with van der Waals surface area (Å²) in [5.74, 6) is -2.58. The molecule has 0 fully saturated rings. The Morgan fingerprint density at radius 2 is 1.95 bits per heavy atom. The molecular formula is C12H14FNO4S. The Bertz CT molecular complexity index is 489. The summed E-state index contributed by atoms with van der Waals surface area (Å²) in [6.45, 7) is 1.59. The fraction of sp³-hybridized carbons (Fsp3) is 0.333. The topological polar surface area (TPSA) is 83.5 Å². The standard InChI is InChI=1S/C12H14FNO4S/c1-2-10(12(16)17)19(18)7-11(15)14-9-5-3-8(13)4-6-9/h3-6,10H,2,7H2,1H3,(H,14,15)(H,16,17). The van der Waals surface area contributed by atoms with Crippen molar-refractivity contribution in [2.24, 2.45) is 0 Å². The highest BCUT2D eigenvalue weighted by atomic mass is 32.2. The van der Waals surface area contributed by atoms with Crippen LogP contribution < -0.4 is 5.32 Å². The van der Waals surface area contributed by atoms with E-state index >= 15 is 0 Å². The summed E-state index contributed by atoms with van der Waals surface area (Å²) < 4.78 is 24.3. The van der Waals surface area contributed by atoms with Crippen LogP contribution in [0.4, 0.5) is 10.1 Å². The number of anilines is 1. The zero-order valence-corrected chi connectivity index (χ0v) is 11.1. The van der Waals surface area contributed by atoms with E-state index in [0.29, 0.717) is 5.69 Å². The van der Waals surface area contributed by atoms with Crippen LogP contribution in [0.5, 0.6) is 0 Å². The lowest BCUT2D eigenvalue weighted by molar-refractivity contribution is -0.136. The van der Waals surface area contributed by atoms with Gasteiger partial charge in [-0.15, -0.1) is 0 Å². The van der Waals surface area contributed by atoms with E-state index in [1.54, 1.807) is 6.92 Å². The van der Waals surface area contributed by atoms with Gasteiger partial charge in [-0.3, -0.25) is 13.8 Å². The minimum atomic E-state index is -1.78. The van der Waals surface area contributed by atoms with Gasteiger partial charge in [-0.2, -0.15) is 0 Å². The summed E-state index contributed by atoms with van der Waals surface area (Å²) in [5.41, 5.74) is 0.367. The lowest BCUT2D eigenvalue weighted by atomic mass is 10.3. The molecule has 1 aromatic rings. The van der Waals surface area contributed by atoms with Crippen molar-refractivity contribution in [3.05, 3.63) is 30.1 Å². The highest BCUT2D eigenvalue weighted by Gasteiger charge is 2.24. The van der Waals surface area contributed by atoms with Crippen LogP contribution in [0.15, 0.2) is 24.3 Å². The Balaban J connectivity index is 2.58. The van der Waals surface area contributed by atoms with E-state index in [4.69, 9.17) is 5.11 Å². The van der Waals surface area contributed by atoms with E-state index in [0.717, 1.165) is 0 Å². The second-order valence-corrected chi connectivity index (χ2v) is 5.43. The molecule has 0 aromatic heterocycles. The number of carbonyl (C=O) groups is 2. The minimum Gasteiger partial charge on any atom is -0.480 e. The molecule has 19 heavy (non-hydrogen) atoms.